The van der Waals surface area contributed by atoms with Crippen molar-refractivity contribution in [3.8, 4) is 0 Å². The van der Waals surface area contributed by atoms with Crippen LogP contribution in [0.4, 0.5) is 0 Å². The van der Waals surface area contributed by atoms with Crippen LogP contribution in [0.5, 0.6) is 0 Å². The van der Waals surface area contributed by atoms with E-state index < -0.39 is 9.92 Å². The third-order valence-electron chi connectivity index (χ3n) is 1.95. The van der Waals surface area contributed by atoms with Crippen LogP contribution in [0, 0.1) is 4.78 Å². The Morgan fingerprint density at radius 1 is 1.27 bits per heavy atom. The standard InChI is InChI=1S/C6H15N3OS/c1-8-3-5-9(6-4-8)11(2,7)10/h7H,3-6H2,1-2H3. The number of likely N-dealkylation sites (N-methyl/N-ethyl adjacent to an activating group) is 1. The zero-order valence-electron chi connectivity index (χ0n) is 7.04. The Kier molecular flexibility index (Phi) is 2.51. The van der Waals surface area contributed by atoms with E-state index in [1.54, 1.807) is 4.31 Å². The normalized spacial score (nSPS) is 28.2. The molecule has 0 aromatic carbocycles. The summed E-state index contributed by atoms with van der Waals surface area (Å²) in [5.41, 5.74) is 0. The van der Waals surface area contributed by atoms with Crippen molar-refractivity contribution in [2.45, 2.75) is 0 Å². The summed E-state index contributed by atoms with van der Waals surface area (Å²) in [6, 6.07) is 0. The van der Waals surface area contributed by atoms with Crippen molar-refractivity contribution in [1.82, 2.24) is 9.21 Å². The van der Waals surface area contributed by atoms with Gasteiger partial charge in [-0.3, -0.25) is 0 Å². The first kappa shape index (κ1) is 8.96. The smallest absolute Gasteiger partial charge is 0.104 e. The van der Waals surface area contributed by atoms with Gasteiger partial charge in [-0.2, -0.15) is 0 Å². The number of nitrogens with zero attached hydrogens (tertiary/aromatic N) is 2. The molecule has 1 atom stereocenters. The number of rotatable bonds is 1. The predicted molar refractivity (Wildman–Crippen MR) is 45.9 cm³/mol. The van der Waals surface area contributed by atoms with Gasteiger partial charge in [-0.25, -0.2) is 13.3 Å². The van der Waals surface area contributed by atoms with Gasteiger partial charge in [0.25, 0.3) is 0 Å². The van der Waals surface area contributed by atoms with Gasteiger partial charge in [0.15, 0.2) is 0 Å². The summed E-state index contributed by atoms with van der Waals surface area (Å²) in [4.78, 5) is 2.18. The third-order valence-corrected chi connectivity index (χ3v) is 3.31. The molecule has 1 heterocycles. The summed E-state index contributed by atoms with van der Waals surface area (Å²) in [5.74, 6) is 0. The average molecular weight is 177 g/mol. The number of hydrogen-bond donors (Lipinski definition) is 1. The van der Waals surface area contributed by atoms with Crippen molar-refractivity contribution in [3.05, 3.63) is 0 Å². The Labute approximate surface area is 68.3 Å². The number of hydrogen-bond acceptors (Lipinski definition) is 3. The minimum absolute atomic E-state index is 0.759. The molecule has 4 nitrogen and oxygen atoms in total. The summed E-state index contributed by atoms with van der Waals surface area (Å²) in [5, 5.41) is 0. The van der Waals surface area contributed by atoms with Gasteiger partial charge in [-0.1, -0.05) is 0 Å². The molecule has 1 N–H and O–H groups in total. The molecule has 1 aliphatic heterocycles. The lowest BCUT2D eigenvalue weighted by molar-refractivity contribution is 0.227. The van der Waals surface area contributed by atoms with E-state index in [4.69, 9.17) is 4.78 Å². The zero-order valence-corrected chi connectivity index (χ0v) is 7.86. The predicted octanol–water partition coefficient (Wildman–Crippen LogP) is -0.175. The SMILES string of the molecule is CN1CCN(S(C)(=N)=O)CC1. The number of nitrogens with one attached hydrogen (secondary N) is 1. The molecule has 1 unspecified atom stereocenters. The van der Waals surface area contributed by atoms with Gasteiger partial charge in [-0.05, 0) is 7.05 Å². The molecule has 0 aliphatic carbocycles. The largest absolute Gasteiger partial charge is 0.304 e. The summed E-state index contributed by atoms with van der Waals surface area (Å²) in [6.07, 6.45) is 1.48. The van der Waals surface area contributed by atoms with E-state index >= 15 is 0 Å². The zero-order chi connectivity index (χ0) is 8.48. The van der Waals surface area contributed by atoms with Crippen LogP contribution in [0.2, 0.25) is 0 Å². The van der Waals surface area contributed by atoms with Gasteiger partial charge in [-0.15, -0.1) is 0 Å². The van der Waals surface area contributed by atoms with Crippen molar-refractivity contribution in [1.29, 1.82) is 4.78 Å². The summed E-state index contributed by atoms with van der Waals surface area (Å²) < 4.78 is 20.3. The van der Waals surface area contributed by atoms with E-state index in [2.05, 4.69) is 4.90 Å². The Morgan fingerprint density at radius 2 is 1.73 bits per heavy atom. The first-order chi connectivity index (χ1) is 5.00. The summed E-state index contributed by atoms with van der Waals surface area (Å²) >= 11 is 0. The molecule has 11 heavy (non-hydrogen) atoms. The molecule has 66 valence electrons. The van der Waals surface area contributed by atoms with Crippen molar-refractivity contribution in [2.75, 3.05) is 39.5 Å². The van der Waals surface area contributed by atoms with Gasteiger partial charge in [0.05, 0.1) is 0 Å². The Morgan fingerprint density at radius 3 is 2.09 bits per heavy atom. The second-order valence-electron chi connectivity index (χ2n) is 3.03. The van der Waals surface area contributed by atoms with Crippen molar-refractivity contribution < 1.29 is 4.21 Å². The Balaban J connectivity index is 2.53. The molecule has 5 heteroatoms. The summed E-state index contributed by atoms with van der Waals surface area (Å²) in [7, 11) is -0.402. The highest BCUT2D eigenvalue weighted by Crippen LogP contribution is 2.03. The van der Waals surface area contributed by atoms with E-state index in [9.17, 15) is 4.21 Å². The van der Waals surface area contributed by atoms with Gasteiger partial charge < -0.3 is 4.90 Å². The molecule has 0 bridgehead atoms. The van der Waals surface area contributed by atoms with Crippen LogP contribution in [-0.4, -0.2) is 52.9 Å². The minimum atomic E-state index is -2.44. The molecule has 0 radical (unpaired) electrons. The number of piperazine rings is 1. The van der Waals surface area contributed by atoms with Crippen LogP contribution in [0.3, 0.4) is 0 Å². The van der Waals surface area contributed by atoms with Gasteiger partial charge >= 0.3 is 0 Å². The monoisotopic (exact) mass is 177 g/mol. The van der Waals surface area contributed by atoms with Crippen molar-refractivity contribution in [3.63, 3.8) is 0 Å². The van der Waals surface area contributed by atoms with Gasteiger partial charge in [0.1, 0.15) is 9.92 Å². The second-order valence-corrected chi connectivity index (χ2v) is 5.16. The fraction of sp³-hybridized carbons (Fsp3) is 1.00. The molecule has 0 amide bonds. The first-order valence-electron chi connectivity index (χ1n) is 3.67. The van der Waals surface area contributed by atoms with Crippen LogP contribution in [0.25, 0.3) is 0 Å². The average Bonchev–Trinajstić information content (AvgIpc) is 1.86. The molecular formula is C6H15N3OS. The maximum atomic E-state index is 11.2. The Bertz CT molecular complexity index is 216. The van der Waals surface area contributed by atoms with Crippen molar-refractivity contribution in [2.24, 2.45) is 0 Å². The minimum Gasteiger partial charge on any atom is -0.304 e. The molecule has 1 rings (SSSR count). The van der Waals surface area contributed by atoms with E-state index in [-0.39, 0.29) is 0 Å². The fourth-order valence-corrected chi connectivity index (χ4v) is 2.00. The van der Waals surface area contributed by atoms with E-state index in [1.165, 1.54) is 6.26 Å². The molecule has 0 aromatic heterocycles. The van der Waals surface area contributed by atoms with Crippen LogP contribution in [0.15, 0.2) is 0 Å². The molecule has 0 saturated carbocycles. The first-order valence-corrected chi connectivity index (χ1v) is 5.60. The van der Waals surface area contributed by atoms with E-state index in [1.807, 2.05) is 7.05 Å². The van der Waals surface area contributed by atoms with Crippen LogP contribution >= 0.6 is 0 Å². The van der Waals surface area contributed by atoms with Crippen LogP contribution in [0.1, 0.15) is 0 Å². The highest BCUT2D eigenvalue weighted by atomic mass is 32.2. The highest BCUT2D eigenvalue weighted by Gasteiger charge is 2.18. The van der Waals surface area contributed by atoms with Crippen molar-refractivity contribution >= 4 is 9.92 Å². The second kappa shape index (κ2) is 3.08. The fourth-order valence-electron chi connectivity index (χ4n) is 1.14. The van der Waals surface area contributed by atoms with Crippen LogP contribution < -0.4 is 0 Å². The van der Waals surface area contributed by atoms with Crippen LogP contribution in [-0.2, 0) is 9.92 Å². The summed E-state index contributed by atoms with van der Waals surface area (Å²) in [6.45, 7) is 3.36. The molecular weight excluding hydrogens is 162 g/mol. The van der Waals surface area contributed by atoms with E-state index in [0.717, 1.165) is 26.2 Å². The lowest BCUT2D eigenvalue weighted by Crippen LogP contribution is -2.46. The highest BCUT2D eigenvalue weighted by molar-refractivity contribution is 7.89. The molecule has 1 saturated heterocycles. The molecule has 1 aliphatic rings. The topological polar surface area (TPSA) is 47.4 Å². The maximum absolute atomic E-state index is 11.2. The van der Waals surface area contributed by atoms with Gasteiger partial charge in [0.2, 0.25) is 0 Å². The lowest BCUT2D eigenvalue weighted by Gasteiger charge is -2.31. The lowest BCUT2D eigenvalue weighted by atomic mass is 10.4. The Hall–Kier alpha value is -0.130. The van der Waals surface area contributed by atoms with E-state index in [0.29, 0.717) is 0 Å². The quantitative estimate of drug-likeness (QED) is 0.604. The molecule has 1 fully saturated rings. The maximum Gasteiger partial charge on any atom is 0.104 e. The van der Waals surface area contributed by atoms with Gasteiger partial charge in [0, 0.05) is 32.4 Å². The molecule has 0 aromatic rings. The third kappa shape index (κ3) is 2.43. The molecule has 0 spiro atoms.